The number of nitrogens with zero attached hydrogens (tertiary/aromatic N) is 1. The fourth-order valence-electron chi connectivity index (χ4n) is 3.63. The summed E-state index contributed by atoms with van der Waals surface area (Å²) in [6, 6.07) is 13.9. The normalized spacial score (nSPS) is 21.6. The molecular weight excluding hydrogens is 372 g/mol. The minimum atomic E-state index is -0.423. The van der Waals surface area contributed by atoms with Crippen LogP contribution in [0.2, 0.25) is 0 Å². The maximum atomic E-state index is 12.5. The largest absolute Gasteiger partial charge is 0.488 e. The molecule has 0 unspecified atom stereocenters. The molecule has 1 aliphatic carbocycles. The van der Waals surface area contributed by atoms with E-state index in [2.05, 4.69) is 5.32 Å². The third kappa shape index (κ3) is 4.51. The molecule has 0 spiro atoms. The highest BCUT2D eigenvalue weighted by Crippen LogP contribution is 2.25. The van der Waals surface area contributed by atoms with Crippen molar-refractivity contribution < 1.29 is 24.2 Å². The van der Waals surface area contributed by atoms with Crippen molar-refractivity contribution in [3.05, 3.63) is 54.1 Å². The monoisotopic (exact) mass is 396 g/mol. The fourth-order valence-corrected chi connectivity index (χ4v) is 3.63. The Bertz CT molecular complexity index is 866. The van der Waals surface area contributed by atoms with Gasteiger partial charge in [0.1, 0.15) is 18.5 Å². The van der Waals surface area contributed by atoms with E-state index in [1.165, 1.54) is 4.90 Å². The summed E-state index contributed by atoms with van der Waals surface area (Å²) in [6.07, 6.45) is 2.76. The standard InChI is InChI=1S/C22H24N2O5/c25-19-3-1-2-4-20(19)29-18-11-7-16(8-12-18)23-21(26)15-5-9-17(10-6-15)24-13-14-28-22(24)27/h5-12,19-20,25H,1-4,13-14H2,(H,23,26)/t19-,20-/m1/s1. The predicted octanol–water partition coefficient (Wildman–Crippen LogP) is 3.58. The molecule has 2 atom stereocenters. The zero-order chi connectivity index (χ0) is 20.2. The lowest BCUT2D eigenvalue weighted by Gasteiger charge is -2.28. The van der Waals surface area contributed by atoms with Crippen LogP contribution in [0.15, 0.2) is 48.5 Å². The van der Waals surface area contributed by atoms with E-state index in [0.717, 1.165) is 25.7 Å². The Hall–Kier alpha value is -3.06. The molecule has 7 heteroatoms. The van der Waals surface area contributed by atoms with Crippen LogP contribution in [0.4, 0.5) is 16.2 Å². The zero-order valence-electron chi connectivity index (χ0n) is 16.0. The number of rotatable bonds is 5. The second-order valence-corrected chi connectivity index (χ2v) is 7.30. The molecule has 2 aromatic rings. The smallest absolute Gasteiger partial charge is 0.414 e. The zero-order valence-corrected chi connectivity index (χ0v) is 16.0. The Labute approximate surface area is 169 Å². The minimum Gasteiger partial charge on any atom is -0.488 e. The minimum absolute atomic E-state index is 0.171. The molecule has 2 aliphatic rings. The van der Waals surface area contributed by atoms with Gasteiger partial charge in [-0.1, -0.05) is 6.42 Å². The summed E-state index contributed by atoms with van der Waals surface area (Å²) in [4.78, 5) is 25.6. The molecule has 2 aromatic carbocycles. The lowest BCUT2D eigenvalue weighted by molar-refractivity contribution is 0.00688. The van der Waals surface area contributed by atoms with Crippen LogP contribution < -0.4 is 15.0 Å². The summed E-state index contributed by atoms with van der Waals surface area (Å²) in [5.41, 5.74) is 1.85. The van der Waals surface area contributed by atoms with Gasteiger partial charge < -0.3 is 19.9 Å². The molecular formula is C22H24N2O5. The summed E-state index contributed by atoms with van der Waals surface area (Å²) in [5.74, 6) is 0.438. The number of benzene rings is 2. The van der Waals surface area contributed by atoms with Crippen molar-refractivity contribution >= 4 is 23.4 Å². The van der Waals surface area contributed by atoms with Gasteiger partial charge in [0.2, 0.25) is 0 Å². The first-order valence-electron chi connectivity index (χ1n) is 9.91. The number of hydrogen-bond donors (Lipinski definition) is 2. The maximum Gasteiger partial charge on any atom is 0.414 e. The molecule has 29 heavy (non-hydrogen) atoms. The van der Waals surface area contributed by atoms with E-state index in [1.807, 2.05) is 0 Å². The van der Waals surface area contributed by atoms with Crippen LogP contribution in [0.3, 0.4) is 0 Å². The molecule has 2 amide bonds. The Balaban J connectivity index is 1.35. The Morgan fingerprint density at radius 1 is 1.07 bits per heavy atom. The van der Waals surface area contributed by atoms with Crippen LogP contribution in [-0.2, 0) is 4.74 Å². The van der Waals surface area contributed by atoms with Gasteiger partial charge in [-0.15, -0.1) is 0 Å². The summed E-state index contributed by atoms with van der Waals surface area (Å²) < 4.78 is 10.8. The van der Waals surface area contributed by atoms with Gasteiger partial charge in [-0.25, -0.2) is 4.79 Å². The molecule has 2 N–H and O–H groups in total. The van der Waals surface area contributed by atoms with Gasteiger partial charge in [-0.05, 0) is 67.8 Å². The van der Waals surface area contributed by atoms with Gasteiger partial charge >= 0.3 is 6.09 Å². The molecule has 1 saturated heterocycles. The second kappa shape index (κ2) is 8.53. The Morgan fingerprint density at radius 3 is 2.45 bits per heavy atom. The van der Waals surface area contributed by atoms with Gasteiger partial charge in [0.05, 0.1) is 12.6 Å². The topological polar surface area (TPSA) is 88.1 Å². The number of carbonyl (C=O) groups is 2. The third-order valence-corrected chi connectivity index (χ3v) is 5.27. The predicted molar refractivity (Wildman–Crippen MR) is 108 cm³/mol. The van der Waals surface area contributed by atoms with E-state index in [4.69, 9.17) is 9.47 Å². The maximum absolute atomic E-state index is 12.5. The number of anilines is 2. The first-order valence-corrected chi connectivity index (χ1v) is 9.91. The molecule has 0 aromatic heterocycles. The van der Waals surface area contributed by atoms with E-state index in [9.17, 15) is 14.7 Å². The molecule has 2 fully saturated rings. The quantitative estimate of drug-likeness (QED) is 0.807. The van der Waals surface area contributed by atoms with Crippen molar-refractivity contribution in [1.29, 1.82) is 0 Å². The second-order valence-electron chi connectivity index (χ2n) is 7.30. The van der Waals surface area contributed by atoms with E-state index in [1.54, 1.807) is 48.5 Å². The molecule has 4 rings (SSSR count). The van der Waals surface area contributed by atoms with Crippen LogP contribution >= 0.6 is 0 Å². The highest BCUT2D eigenvalue weighted by atomic mass is 16.6. The van der Waals surface area contributed by atoms with Crippen LogP contribution in [0.25, 0.3) is 0 Å². The molecule has 0 bridgehead atoms. The van der Waals surface area contributed by atoms with Gasteiger partial charge in [0.25, 0.3) is 5.91 Å². The van der Waals surface area contributed by atoms with Gasteiger partial charge in [-0.3, -0.25) is 9.69 Å². The van der Waals surface area contributed by atoms with Gasteiger partial charge in [0.15, 0.2) is 0 Å². The van der Waals surface area contributed by atoms with Crippen molar-refractivity contribution in [2.24, 2.45) is 0 Å². The van der Waals surface area contributed by atoms with E-state index in [0.29, 0.717) is 35.8 Å². The van der Waals surface area contributed by atoms with Crippen molar-refractivity contribution in [3.8, 4) is 5.75 Å². The lowest BCUT2D eigenvalue weighted by atomic mass is 9.95. The molecule has 1 saturated carbocycles. The average molecular weight is 396 g/mol. The van der Waals surface area contributed by atoms with Crippen LogP contribution in [0, 0.1) is 0 Å². The highest BCUT2D eigenvalue weighted by Gasteiger charge is 2.25. The summed E-state index contributed by atoms with van der Waals surface area (Å²) in [7, 11) is 0. The van der Waals surface area contributed by atoms with E-state index >= 15 is 0 Å². The first-order chi connectivity index (χ1) is 14.1. The van der Waals surface area contributed by atoms with E-state index < -0.39 is 6.10 Å². The number of carbonyl (C=O) groups excluding carboxylic acids is 2. The number of aliphatic hydroxyl groups excluding tert-OH is 1. The lowest BCUT2D eigenvalue weighted by Crippen LogP contribution is -2.34. The Morgan fingerprint density at radius 2 is 1.79 bits per heavy atom. The van der Waals surface area contributed by atoms with Crippen molar-refractivity contribution in [1.82, 2.24) is 0 Å². The number of nitrogens with one attached hydrogen (secondary N) is 1. The average Bonchev–Trinajstić information content (AvgIpc) is 3.17. The first kappa shape index (κ1) is 19.3. The Kier molecular flexibility index (Phi) is 5.67. The third-order valence-electron chi connectivity index (χ3n) is 5.27. The number of hydrogen-bond acceptors (Lipinski definition) is 5. The van der Waals surface area contributed by atoms with Gasteiger partial charge in [0, 0.05) is 16.9 Å². The summed E-state index contributed by atoms with van der Waals surface area (Å²) in [5, 5.41) is 12.9. The molecule has 0 radical (unpaired) electrons. The SMILES string of the molecule is O=C(Nc1ccc(O[C@@H]2CCCC[C@H]2O)cc1)c1ccc(N2CCOC2=O)cc1. The van der Waals surface area contributed by atoms with Gasteiger partial charge in [-0.2, -0.15) is 0 Å². The molecule has 1 aliphatic heterocycles. The summed E-state index contributed by atoms with van der Waals surface area (Å²) >= 11 is 0. The number of ether oxygens (including phenoxy) is 2. The molecule has 152 valence electrons. The van der Waals surface area contributed by atoms with Crippen LogP contribution in [0.5, 0.6) is 5.75 Å². The number of cyclic esters (lactones) is 1. The molecule has 7 nitrogen and oxygen atoms in total. The van der Waals surface area contributed by atoms with Crippen molar-refractivity contribution in [2.75, 3.05) is 23.4 Å². The summed E-state index contributed by atoms with van der Waals surface area (Å²) in [6.45, 7) is 0.886. The van der Waals surface area contributed by atoms with Crippen molar-refractivity contribution in [2.45, 2.75) is 37.9 Å². The van der Waals surface area contributed by atoms with Crippen LogP contribution in [0.1, 0.15) is 36.0 Å². The number of amides is 2. The molecule has 1 heterocycles. The number of aliphatic hydroxyl groups is 1. The fraction of sp³-hybridized carbons (Fsp3) is 0.364. The van der Waals surface area contributed by atoms with Crippen LogP contribution in [-0.4, -0.2) is 42.5 Å². The highest BCUT2D eigenvalue weighted by molar-refractivity contribution is 6.04. The van der Waals surface area contributed by atoms with Crippen molar-refractivity contribution in [3.63, 3.8) is 0 Å². The van der Waals surface area contributed by atoms with E-state index in [-0.39, 0.29) is 18.1 Å².